The minimum Gasteiger partial charge on any atom is -0.381 e. The zero-order valence-corrected chi connectivity index (χ0v) is 16.7. The van der Waals surface area contributed by atoms with Crippen LogP contribution in [0.4, 0.5) is 0 Å². The minimum atomic E-state index is -3.51. The Hall–Kier alpha value is -1.43. The molecule has 0 bridgehead atoms. The molecule has 0 amide bonds. The fourth-order valence-electron chi connectivity index (χ4n) is 3.04. The second-order valence-corrected chi connectivity index (χ2v) is 8.46. The Kier molecular flexibility index (Phi) is 8.55. The fourth-order valence-corrected chi connectivity index (χ4v) is 4.34. The van der Waals surface area contributed by atoms with E-state index in [9.17, 15) is 8.42 Å². The molecule has 4 nitrogen and oxygen atoms in total. The van der Waals surface area contributed by atoms with E-state index in [1.54, 1.807) is 12.1 Å². The molecule has 0 spiro atoms. The monoisotopic (exact) mass is 377 g/mol. The Morgan fingerprint density at radius 1 is 1.04 bits per heavy atom. The smallest absolute Gasteiger partial charge is 0.241 e. The van der Waals surface area contributed by atoms with Gasteiger partial charge in [-0.05, 0) is 30.2 Å². The summed E-state index contributed by atoms with van der Waals surface area (Å²) in [5, 5.41) is 1.68. The van der Waals surface area contributed by atoms with Crippen molar-refractivity contribution in [3.05, 3.63) is 42.5 Å². The maximum atomic E-state index is 12.6. The topological polar surface area (TPSA) is 55.4 Å². The van der Waals surface area contributed by atoms with Crippen molar-refractivity contribution in [3.63, 3.8) is 0 Å². The van der Waals surface area contributed by atoms with Gasteiger partial charge in [-0.3, -0.25) is 0 Å². The Morgan fingerprint density at radius 2 is 1.81 bits per heavy atom. The molecular formula is C21H31NO3S. The number of nitrogens with one attached hydrogen (secondary N) is 1. The zero-order valence-electron chi connectivity index (χ0n) is 15.9. The molecule has 0 radical (unpaired) electrons. The van der Waals surface area contributed by atoms with Gasteiger partial charge in [0.1, 0.15) is 0 Å². The molecule has 0 saturated carbocycles. The predicted octanol–water partition coefficient (Wildman–Crippen LogP) is 4.74. The lowest BCUT2D eigenvalue weighted by Gasteiger charge is -2.14. The summed E-state index contributed by atoms with van der Waals surface area (Å²) in [7, 11) is -3.51. The van der Waals surface area contributed by atoms with Gasteiger partial charge in [-0.1, -0.05) is 69.5 Å². The molecule has 0 aliphatic heterocycles. The average Bonchev–Trinajstić information content (AvgIpc) is 2.66. The molecule has 2 aromatic carbocycles. The van der Waals surface area contributed by atoms with Gasteiger partial charge in [0.2, 0.25) is 10.0 Å². The number of fused-ring (bicyclic) bond motifs is 1. The van der Waals surface area contributed by atoms with E-state index in [4.69, 9.17) is 4.74 Å². The molecule has 2 rings (SSSR count). The first-order valence-electron chi connectivity index (χ1n) is 9.63. The standard InChI is InChI=1S/C21H31NO3S/c1-3-5-10-18(4-2)17-25-16-9-15-22-26(23,24)21-14-8-12-19-11-6-7-13-20(19)21/h6-8,11-14,18,22H,3-5,9-10,15-17H2,1-2H3. The number of hydrogen-bond acceptors (Lipinski definition) is 3. The minimum absolute atomic E-state index is 0.335. The Bertz CT molecular complexity index is 768. The molecule has 0 saturated heterocycles. The summed E-state index contributed by atoms with van der Waals surface area (Å²) in [5.74, 6) is 0.613. The lowest BCUT2D eigenvalue weighted by Crippen LogP contribution is -2.26. The second kappa shape index (κ2) is 10.7. The lowest BCUT2D eigenvalue weighted by atomic mass is 10.0. The molecule has 0 aromatic heterocycles. The number of sulfonamides is 1. The van der Waals surface area contributed by atoms with Gasteiger partial charge in [0, 0.05) is 25.1 Å². The van der Waals surface area contributed by atoms with Crippen molar-refractivity contribution in [1.29, 1.82) is 0 Å². The maximum Gasteiger partial charge on any atom is 0.241 e. The quantitative estimate of drug-likeness (QED) is 0.544. The van der Waals surface area contributed by atoms with Crippen molar-refractivity contribution in [3.8, 4) is 0 Å². The second-order valence-electron chi connectivity index (χ2n) is 6.72. The Morgan fingerprint density at radius 3 is 2.58 bits per heavy atom. The summed E-state index contributed by atoms with van der Waals surface area (Å²) < 4.78 is 33.6. The maximum absolute atomic E-state index is 12.6. The summed E-state index contributed by atoms with van der Waals surface area (Å²) >= 11 is 0. The van der Waals surface area contributed by atoms with Gasteiger partial charge in [0.05, 0.1) is 4.90 Å². The highest BCUT2D eigenvalue weighted by atomic mass is 32.2. The lowest BCUT2D eigenvalue weighted by molar-refractivity contribution is 0.0928. The van der Waals surface area contributed by atoms with E-state index in [-0.39, 0.29) is 0 Å². The number of ether oxygens (including phenoxy) is 1. The molecule has 0 heterocycles. The summed E-state index contributed by atoms with van der Waals surface area (Å²) in [6.07, 6.45) is 5.47. The van der Waals surface area contributed by atoms with Crippen LogP contribution in [-0.2, 0) is 14.8 Å². The highest BCUT2D eigenvalue weighted by molar-refractivity contribution is 7.89. The molecule has 0 aliphatic carbocycles. The molecule has 1 atom stereocenters. The van der Waals surface area contributed by atoms with Crippen LogP contribution in [0.3, 0.4) is 0 Å². The third-order valence-electron chi connectivity index (χ3n) is 4.69. The zero-order chi connectivity index (χ0) is 18.8. The first-order valence-corrected chi connectivity index (χ1v) is 11.1. The van der Waals surface area contributed by atoms with E-state index < -0.39 is 10.0 Å². The van der Waals surface area contributed by atoms with Crippen LogP contribution in [0.25, 0.3) is 10.8 Å². The van der Waals surface area contributed by atoms with E-state index in [0.29, 0.717) is 30.4 Å². The van der Waals surface area contributed by atoms with Crippen LogP contribution in [0.1, 0.15) is 46.0 Å². The fraction of sp³-hybridized carbons (Fsp3) is 0.524. The third kappa shape index (κ3) is 6.08. The number of rotatable bonds is 12. The van der Waals surface area contributed by atoms with Crippen molar-refractivity contribution in [2.45, 2.75) is 50.8 Å². The highest BCUT2D eigenvalue weighted by Gasteiger charge is 2.16. The summed E-state index contributed by atoms with van der Waals surface area (Å²) in [6, 6.07) is 12.9. The number of unbranched alkanes of at least 4 members (excludes halogenated alkanes) is 1. The normalized spacial score (nSPS) is 13.2. The predicted molar refractivity (Wildman–Crippen MR) is 108 cm³/mol. The summed E-state index contributed by atoms with van der Waals surface area (Å²) in [4.78, 5) is 0.335. The molecule has 1 N–H and O–H groups in total. The highest BCUT2D eigenvalue weighted by Crippen LogP contribution is 2.22. The van der Waals surface area contributed by atoms with Gasteiger partial charge in [0.25, 0.3) is 0 Å². The molecule has 1 unspecified atom stereocenters. The van der Waals surface area contributed by atoms with Crippen LogP contribution in [0.5, 0.6) is 0 Å². The van der Waals surface area contributed by atoms with Crippen molar-refractivity contribution in [1.82, 2.24) is 4.72 Å². The van der Waals surface area contributed by atoms with Gasteiger partial charge in [-0.25, -0.2) is 13.1 Å². The summed E-state index contributed by atoms with van der Waals surface area (Å²) in [6.45, 7) is 6.14. The molecule has 26 heavy (non-hydrogen) atoms. The first kappa shape index (κ1) is 20.9. The average molecular weight is 378 g/mol. The van der Waals surface area contributed by atoms with Crippen LogP contribution < -0.4 is 4.72 Å². The van der Waals surface area contributed by atoms with Crippen LogP contribution >= 0.6 is 0 Å². The van der Waals surface area contributed by atoms with Crippen LogP contribution in [0.2, 0.25) is 0 Å². The molecule has 5 heteroatoms. The van der Waals surface area contributed by atoms with E-state index in [1.807, 2.05) is 30.3 Å². The molecular weight excluding hydrogens is 346 g/mol. The van der Waals surface area contributed by atoms with Gasteiger partial charge >= 0.3 is 0 Å². The molecule has 0 fully saturated rings. The van der Waals surface area contributed by atoms with Crippen molar-refractivity contribution in [2.24, 2.45) is 5.92 Å². The van der Waals surface area contributed by atoms with Gasteiger partial charge in [-0.2, -0.15) is 0 Å². The summed E-state index contributed by atoms with van der Waals surface area (Å²) in [5.41, 5.74) is 0. The Labute approximate surface area is 158 Å². The van der Waals surface area contributed by atoms with Gasteiger partial charge in [0.15, 0.2) is 0 Å². The van der Waals surface area contributed by atoms with Crippen molar-refractivity contribution >= 4 is 20.8 Å². The van der Waals surface area contributed by atoms with Crippen LogP contribution in [0.15, 0.2) is 47.4 Å². The van der Waals surface area contributed by atoms with E-state index in [1.165, 1.54) is 19.3 Å². The van der Waals surface area contributed by atoms with E-state index in [0.717, 1.165) is 23.8 Å². The SMILES string of the molecule is CCCCC(CC)COCCCNS(=O)(=O)c1cccc2ccccc12. The van der Waals surface area contributed by atoms with Crippen molar-refractivity contribution < 1.29 is 13.2 Å². The van der Waals surface area contributed by atoms with Crippen LogP contribution in [-0.4, -0.2) is 28.2 Å². The number of benzene rings is 2. The van der Waals surface area contributed by atoms with Crippen molar-refractivity contribution in [2.75, 3.05) is 19.8 Å². The number of hydrogen-bond donors (Lipinski definition) is 1. The largest absolute Gasteiger partial charge is 0.381 e. The third-order valence-corrected chi connectivity index (χ3v) is 6.21. The molecule has 0 aliphatic rings. The van der Waals surface area contributed by atoms with E-state index in [2.05, 4.69) is 18.6 Å². The molecule has 144 valence electrons. The van der Waals surface area contributed by atoms with Gasteiger partial charge in [-0.15, -0.1) is 0 Å². The first-order chi connectivity index (χ1) is 12.6. The van der Waals surface area contributed by atoms with Gasteiger partial charge < -0.3 is 4.74 Å². The molecule has 2 aromatic rings. The van der Waals surface area contributed by atoms with E-state index >= 15 is 0 Å². The Balaban J connectivity index is 1.80. The van der Waals surface area contributed by atoms with Crippen LogP contribution in [0, 0.1) is 5.92 Å².